The molecule has 0 radical (unpaired) electrons. The van der Waals surface area contributed by atoms with Gasteiger partial charge in [0.1, 0.15) is 0 Å². The molecule has 120 valence electrons. The Labute approximate surface area is 140 Å². The average molecular weight is 367 g/mol. The van der Waals surface area contributed by atoms with Crippen molar-refractivity contribution in [2.24, 2.45) is 11.8 Å². The van der Waals surface area contributed by atoms with E-state index in [0.717, 1.165) is 36.1 Å². The molecule has 4 nitrogen and oxygen atoms in total. The van der Waals surface area contributed by atoms with E-state index in [4.69, 9.17) is 0 Å². The van der Waals surface area contributed by atoms with E-state index in [2.05, 4.69) is 35.1 Å². The molecule has 5 heteroatoms. The zero-order valence-electron chi connectivity index (χ0n) is 13.1. The van der Waals surface area contributed by atoms with Crippen molar-refractivity contribution in [3.63, 3.8) is 0 Å². The first kappa shape index (κ1) is 17.0. The minimum atomic E-state index is -0.178. The van der Waals surface area contributed by atoms with Crippen molar-refractivity contribution in [2.75, 3.05) is 18.4 Å². The first-order valence-corrected chi connectivity index (χ1v) is 8.71. The number of hydrogen-bond donors (Lipinski definition) is 1. The van der Waals surface area contributed by atoms with E-state index in [-0.39, 0.29) is 23.7 Å². The summed E-state index contributed by atoms with van der Waals surface area (Å²) in [6.45, 7) is 5.70. The van der Waals surface area contributed by atoms with Gasteiger partial charge in [-0.3, -0.25) is 9.59 Å². The lowest BCUT2D eigenvalue weighted by molar-refractivity contribution is -0.134. The van der Waals surface area contributed by atoms with Crippen molar-refractivity contribution in [2.45, 2.75) is 33.1 Å². The Hall–Kier alpha value is -1.36. The van der Waals surface area contributed by atoms with Gasteiger partial charge in [-0.05, 0) is 37.5 Å². The number of anilines is 1. The molecule has 1 aliphatic rings. The van der Waals surface area contributed by atoms with Crippen molar-refractivity contribution < 1.29 is 9.59 Å². The highest BCUT2D eigenvalue weighted by Gasteiger charge is 2.49. The lowest BCUT2D eigenvalue weighted by atomic mass is 10.2. The second kappa shape index (κ2) is 7.77. The molecule has 1 aromatic carbocycles. The molecule has 1 aromatic rings. The van der Waals surface area contributed by atoms with Gasteiger partial charge in [-0.1, -0.05) is 35.8 Å². The Morgan fingerprint density at radius 2 is 1.91 bits per heavy atom. The van der Waals surface area contributed by atoms with Gasteiger partial charge < -0.3 is 10.2 Å². The van der Waals surface area contributed by atoms with Crippen LogP contribution < -0.4 is 5.32 Å². The minimum absolute atomic E-state index is 0.0515. The molecule has 2 unspecified atom stereocenters. The van der Waals surface area contributed by atoms with Gasteiger partial charge in [-0.15, -0.1) is 0 Å². The van der Waals surface area contributed by atoms with Crippen molar-refractivity contribution in [1.29, 1.82) is 0 Å². The molecule has 0 heterocycles. The highest BCUT2D eigenvalue weighted by Crippen LogP contribution is 2.41. The molecule has 0 aromatic heterocycles. The summed E-state index contributed by atoms with van der Waals surface area (Å²) in [4.78, 5) is 26.6. The second-order valence-electron chi connectivity index (χ2n) is 5.77. The number of nitrogens with one attached hydrogen (secondary N) is 1. The Bertz CT molecular complexity index is 541. The fourth-order valence-corrected chi connectivity index (χ4v) is 3.06. The zero-order chi connectivity index (χ0) is 16.1. The molecule has 0 aliphatic heterocycles. The second-order valence-corrected chi connectivity index (χ2v) is 6.69. The highest BCUT2D eigenvalue weighted by atomic mass is 79.9. The average Bonchev–Trinajstić information content (AvgIpc) is 3.27. The molecule has 2 rings (SSSR count). The van der Waals surface area contributed by atoms with E-state index in [9.17, 15) is 9.59 Å². The van der Waals surface area contributed by atoms with Gasteiger partial charge in [-0.25, -0.2) is 0 Å². The van der Waals surface area contributed by atoms with Gasteiger partial charge in [-0.2, -0.15) is 0 Å². The monoisotopic (exact) mass is 366 g/mol. The maximum Gasteiger partial charge on any atom is 0.228 e. The molecule has 22 heavy (non-hydrogen) atoms. The Morgan fingerprint density at radius 1 is 1.23 bits per heavy atom. The molecule has 0 bridgehead atoms. The fourth-order valence-electron chi connectivity index (χ4n) is 2.67. The molecule has 2 amide bonds. The third-order valence-corrected chi connectivity index (χ3v) is 4.33. The summed E-state index contributed by atoms with van der Waals surface area (Å²) in [6.07, 6.45) is 2.57. The molecular formula is C17H23BrN2O2. The Kier molecular flexibility index (Phi) is 6.00. The number of amides is 2. The largest absolute Gasteiger partial charge is 0.342 e. The number of carbonyl (C=O) groups excluding carboxylic acids is 2. The Balaban J connectivity index is 1.90. The standard InChI is InChI=1S/C17H23BrN2O2/c1-3-8-20(9-4-2)17(22)15-11-14(15)16(21)19-13-7-5-6-12(18)10-13/h5-7,10,14-15H,3-4,8-9,11H2,1-2H3,(H,19,21). The van der Waals surface area contributed by atoms with E-state index < -0.39 is 0 Å². The van der Waals surface area contributed by atoms with Gasteiger partial charge in [0.25, 0.3) is 0 Å². The van der Waals surface area contributed by atoms with Crippen molar-refractivity contribution in [1.82, 2.24) is 4.90 Å². The van der Waals surface area contributed by atoms with Crippen LogP contribution in [0.5, 0.6) is 0 Å². The maximum absolute atomic E-state index is 12.4. The van der Waals surface area contributed by atoms with Crippen LogP contribution in [0.2, 0.25) is 0 Å². The van der Waals surface area contributed by atoms with E-state index in [1.165, 1.54) is 0 Å². The zero-order valence-corrected chi connectivity index (χ0v) is 14.7. The molecule has 1 fully saturated rings. The summed E-state index contributed by atoms with van der Waals surface area (Å²) >= 11 is 3.38. The van der Waals surface area contributed by atoms with Crippen LogP contribution in [0.1, 0.15) is 33.1 Å². The van der Waals surface area contributed by atoms with Crippen molar-refractivity contribution in [3.05, 3.63) is 28.7 Å². The minimum Gasteiger partial charge on any atom is -0.342 e. The van der Waals surface area contributed by atoms with E-state index in [1.54, 1.807) is 0 Å². The summed E-state index contributed by atoms with van der Waals surface area (Å²) in [5, 5.41) is 2.89. The van der Waals surface area contributed by atoms with Gasteiger partial charge in [0.2, 0.25) is 11.8 Å². The quantitative estimate of drug-likeness (QED) is 0.800. The van der Waals surface area contributed by atoms with E-state index >= 15 is 0 Å². The summed E-state index contributed by atoms with van der Waals surface area (Å²) in [7, 11) is 0. The van der Waals surface area contributed by atoms with Crippen LogP contribution in [0.15, 0.2) is 28.7 Å². The molecule has 2 atom stereocenters. The predicted molar refractivity (Wildman–Crippen MR) is 91.5 cm³/mol. The summed E-state index contributed by atoms with van der Waals surface area (Å²) in [5.74, 6) is -0.226. The molecule has 1 aliphatic carbocycles. The normalized spacial score (nSPS) is 19.6. The first-order valence-electron chi connectivity index (χ1n) is 7.92. The van der Waals surface area contributed by atoms with Crippen LogP contribution in [0.3, 0.4) is 0 Å². The summed E-state index contributed by atoms with van der Waals surface area (Å²) in [6, 6.07) is 7.49. The van der Waals surface area contributed by atoms with Crippen LogP contribution in [0, 0.1) is 11.8 Å². The molecule has 1 N–H and O–H groups in total. The van der Waals surface area contributed by atoms with Crippen molar-refractivity contribution in [3.8, 4) is 0 Å². The predicted octanol–water partition coefficient (Wildman–Crippen LogP) is 3.67. The lowest BCUT2D eigenvalue weighted by Gasteiger charge is -2.21. The summed E-state index contributed by atoms with van der Waals surface area (Å²) in [5.41, 5.74) is 0.761. The lowest BCUT2D eigenvalue weighted by Crippen LogP contribution is -2.34. The van der Waals surface area contributed by atoms with Crippen LogP contribution >= 0.6 is 15.9 Å². The Morgan fingerprint density at radius 3 is 2.50 bits per heavy atom. The fraction of sp³-hybridized carbons (Fsp3) is 0.529. The molecule has 0 saturated heterocycles. The summed E-state index contributed by atoms with van der Waals surface area (Å²) < 4.78 is 0.922. The van der Waals surface area contributed by atoms with E-state index in [1.807, 2.05) is 29.2 Å². The number of benzene rings is 1. The van der Waals surface area contributed by atoms with Crippen LogP contribution in [-0.2, 0) is 9.59 Å². The van der Waals surface area contributed by atoms with E-state index in [0.29, 0.717) is 6.42 Å². The smallest absolute Gasteiger partial charge is 0.228 e. The molecule has 1 saturated carbocycles. The van der Waals surface area contributed by atoms with Gasteiger partial charge >= 0.3 is 0 Å². The SMILES string of the molecule is CCCN(CCC)C(=O)C1CC1C(=O)Nc1cccc(Br)c1. The van der Waals surface area contributed by atoms with Gasteiger partial charge in [0.15, 0.2) is 0 Å². The molecular weight excluding hydrogens is 344 g/mol. The topological polar surface area (TPSA) is 49.4 Å². The van der Waals surface area contributed by atoms with Crippen LogP contribution in [0.4, 0.5) is 5.69 Å². The van der Waals surface area contributed by atoms with Crippen LogP contribution in [-0.4, -0.2) is 29.8 Å². The third kappa shape index (κ3) is 4.32. The number of hydrogen-bond acceptors (Lipinski definition) is 2. The maximum atomic E-state index is 12.4. The number of halogens is 1. The highest BCUT2D eigenvalue weighted by molar-refractivity contribution is 9.10. The van der Waals surface area contributed by atoms with Gasteiger partial charge in [0.05, 0.1) is 11.8 Å². The number of carbonyl (C=O) groups is 2. The van der Waals surface area contributed by atoms with Crippen molar-refractivity contribution >= 4 is 33.4 Å². The van der Waals surface area contributed by atoms with Gasteiger partial charge in [0, 0.05) is 23.2 Å². The first-order chi connectivity index (χ1) is 10.6. The number of rotatable bonds is 7. The van der Waals surface area contributed by atoms with Crippen LogP contribution in [0.25, 0.3) is 0 Å². The third-order valence-electron chi connectivity index (χ3n) is 3.84. The number of nitrogens with zero attached hydrogens (tertiary/aromatic N) is 1. The molecule has 0 spiro atoms.